The molecule has 0 atom stereocenters. The van der Waals surface area contributed by atoms with Crippen molar-refractivity contribution in [2.75, 3.05) is 27.2 Å². The standard InChI is InChI=1S/C30H30N4O2/c1-33(17-15-21-19-31-27-13-7-5-9-23(21)27)29(35)25-11-3-4-12-26(25)30(36)34(2)18-16-22-20-32-28-14-8-6-10-24(22)28/h3-14,19-20,31-32H,15-18H2,1-2H3. The van der Waals surface area contributed by atoms with Crippen LogP contribution in [0.15, 0.2) is 85.2 Å². The minimum atomic E-state index is -0.149. The summed E-state index contributed by atoms with van der Waals surface area (Å²) in [5.74, 6) is -0.298. The lowest BCUT2D eigenvalue weighted by atomic mass is 10.0. The van der Waals surface area contributed by atoms with Gasteiger partial charge in [0.15, 0.2) is 0 Å². The van der Waals surface area contributed by atoms with Crippen LogP contribution in [-0.4, -0.2) is 58.8 Å². The summed E-state index contributed by atoms with van der Waals surface area (Å²) in [5.41, 5.74) is 5.39. The van der Waals surface area contributed by atoms with Gasteiger partial charge >= 0.3 is 0 Å². The fourth-order valence-electron chi connectivity index (χ4n) is 4.72. The molecule has 2 amide bonds. The van der Waals surface area contributed by atoms with E-state index in [9.17, 15) is 9.59 Å². The zero-order valence-corrected chi connectivity index (χ0v) is 20.6. The Balaban J connectivity index is 1.26. The largest absolute Gasteiger partial charge is 0.361 e. The number of benzene rings is 3. The molecule has 0 aliphatic heterocycles. The van der Waals surface area contributed by atoms with Crippen molar-refractivity contribution in [3.8, 4) is 0 Å². The molecule has 5 rings (SSSR count). The highest BCUT2D eigenvalue weighted by Crippen LogP contribution is 2.21. The maximum atomic E-state index is 13.3. The Morgan fingerprint density at radius 3 is 1.44 bits per heavy atom. The molecule has 36 heavy (non-hydrogen) atoms. The van der Waals surface area contributed by atoms with Crippen LogP contribution in [0.25, 0.3) is 21.8 Å². The number of aromatic amines is 2. The first-order valence-electron chi connectivity index (χ1n) is 12.2. The van der Waals surface area contributed by atoms with Crippen LogP contribution in [-0.2, 0) is 12.8 Å². The predicted molar refractivity (Wildman–Crippen MR) is 144 cm³/mol. The summed E-state index contributed by atoms with van der Waals surface area (Å²) >= 11 is 0. The number of rotatable bonds is 8. The van der Waals surface area contributed by atoms with E-state index in [1.165, 1.54) is 21.9 Å². The lowest BCUT2D eigenvalue weighted by Crippen LogP contribution is -2.33. The van der Waals surface area contributed by atoms with Crippen LogP contribution in [0.4, 0.5) is 0 Å². The Morgan fingerprint density at radius 1 is 0.611 bits per heavy atom. The van der Waals surface area contributed by atoms with Gasteiger partial charge in [0.25, 0.3) is 11.8 Å². The first kappa shape index (κ1) is 23.4. The molecule has 0 aliphatic rings. The van der Waals surface area contributed by atoms with Crippen LogP contribution in [0.2, 0.25) is 0 Å². The number of fused-ring (bicyclic) bond motifs is 2. The fourth-order valence-corrected chi connectivity index (χ4v) is 4.72. The summed E-state index contributed by atoms with van der Waals surface area (Å²) in [5, 5.41) is 2.34. The first-order valence-corrected chi connectivity index (χ1v) is 12.2. The van der Waals surface area contributed by atoms with Gasteiger partial charge in [0.05, 0.1) is 11.1 Å². The van der Waals surface area contributed by atoms with Crippen molar-refractivity contribution in [2.24, 2.45) is 0 Å². The van der Waals surface area contributed by atoms with Crippen molar-refractivity contribution in [3.05, 3.63) is 107 Å². The number of para-hydroxylation sites is 2. The molecule has 0 bridgehead atoms. The number of hydrogen-bond acceptors (Lipinski definition) is 2. The molecule has 0 saturated carbocycles. The number of likely N-dealkylation sites (N-methyl/N-ethyl adjacent to an activating group) is 2. The third kappa shape index (κ3) is 4.62. The Labute approximate surface area is 210 Å². The summed E-state index contributed by atoms with van der Waals surface area (Å²) in [6.45, 7) is 1.11. The van der Waals surface area contributed by atoms with Crippen LogP contribution in [0, 0.1) is 0 Å². The topological polar surface area (TPSA) is 72.2 Å². The highest BCUT2D eigenvalue weighted by molar-refractivity contribution is 6.07. The molecule has 2 aromatic heterocycles. The first-order chi connectivity index (χ1) is 17.5. The van der Waals surface area contributed by atoms with Crippen molar-refractivity contribution in [2.45, 2.75) is 12.8 Å². The smallest absolute Gasteiger partial charge is 0.254 e. The van der Waals surface area contributed by atoms with E-state index < -0.39 is 0 Å². The number of amides is 2. The van der Waals surface area contributed by atoms with Gasteiger partial charge in [-0.1, -0.05) is 48.5 Å². The highest BCUT2D eigenvalue weighted by atomic mass is 16.2. The van der Waals surface area contributed by atoms with E-state index in [1.807, 2.05) is 60.9 Å². The summed E-state index contributed by atoms with van der Waals surface area (Å²) in [6.07, 6.45) is 5.46. The number of carbonyl (C=O) groups is 2. The molecule has 0 spiro atoms. The molecule has 0 unspecified atom stereocenters. The normalized spacial score (nSPS) is 11.2. The van der Waals surface area contributed by atoms with Crippen molar-refractivity contribution in [3.63, 3.8) is 0 Å². The van der Waals surface area contributed by atoms with Gasteiger partial charge in [-0.25, -0.2) is 0 Å². The molecule has 2 heterocycles. The molecular formula is C30H30N4O2. The monoisotopic (exact) mass is 478 g/mol. The van der Waals surface area contributed by atoms with Crippen LogP contribution >= 0.6 is 0 Å². The number of aromatic nitrogens is 2. The Kier molecular flexibility index (Phi) is 6.58. The van der Waals surface area contributed by atoms with Gasteiger partial charge in [-0.2, -0.15) is 0 Å². The number of nitrogens with zero attached hydrogens (tertiary/aromatic N) is 2. The third-order valence-corrected chi connectivity index (χ3v) is 6.86. The fraction of sp³-hybridized carbons (Fsp3) is 0.200. The number of carbonyl (C=O) groups excluding carboxylic acids is 2. The second-order valence-electron chi connectivity index (χ2n) is 9.22. The van der Waals surface area contributed by atoms with E-state index >= 15 is 0 Å². The summed E-state index contributed by atoms with van der Waals surface area (Å²) in [4.78, 5) is 36.7. The average molecular weight is 479 g/mol. The minimum Gasteiger partial charge on any atom is -0.361 e. The molecule has 5 aromatic rings. The molecule has 6 nitrogen and oxygen atoms in total. The van der Waals surface area contributed by atoms with Gasteiger partial charge in [-0.3, -0.25) is 9.59 Å². The van der Waals surface area contributed by atoms with Crippen LogP contribution < -0.4 is 0 Å². The molecule has 182 valence electrons. The van der Waals surface area contributed by atoms with E-state index in [1.54, 1.807) is 36.0 Å². The zero-order chi connectivity index (χ0) is 25.1. The van der Waals surface area contributed by atoms with Crippen molar-refractivity contribution in [1.29, 1.82) is 0 Å². The Hall–Kier alpha value is -4.32. The van der Waals surface area contributed by atoms with E-state index in [4.69, 9.17) is 0 Å². The number of nitrogens with one attached hydrogen (secondary N) is 2. The van der Waals surface area contributed by atoms with E-state index in [2.05, 4.69) is 22.1 Å². The summed E-state index contributed by atoms with van der Waals surface area (Å²) < 4.78 is 0. The van der Waals surface area contributed by atoms with Gasteiger partial charge in [0.2, 0.25) is 0 Å². The van der Waals surface area contributed by atoms with E-state index in [0.717, 1.165) is 23.9 Å². The van der Waals surface area contributed by atoms with Gasteiger partial charge in [0, 0.05) is 61.4 Å². The molecule has 0 fully saturated rings. The molecule has 2 N–H and O–H groups in total. The number of hydrogen-bond donors (Lipinski definition) is 2. The van der Waals surface area contributed by atoms with Crippen LogP contribution in [0.3, 0.4) is 0 Å². The minimum absolute atomic E-state index is 0.149. The second-order valence-corrected chi connectivity index (χ2v) is 9.22. The van der Waals surface area contributed by atoms with Crippen molar-refractivity contribution < 1.29 is 9.59 Å². The predicted octanol–water partition coefficient (Wildman–Crippen LogP) is 5.28. The lowest BCUT2D eigenvalue weighted by molar-refractivity contribution is 0.0758. The Bertz CT molecular complexity index is 1420. The molecular weight excluding hydrogens is 448 g/mol. The van der Waals surface area contributed by atoms with Crippen LogP contribution in [0.5, 0.6) is 0 Å². The molecule has 0 aliphatic carbocycles. The van der Waals surface area contributed by atoms with Gasteiger partial charge in [0.1, 0.15) is 0 Å². The van der Waals surface area contributed by atoms with Crippen molar-refractivity contribution in [1.82, 2.24) is 19.8 Å². The zero-order valence-electron chi connectivity index (χ0n) is 20.6. The average Bonchev–Trinajstić information content (AvgIpc) is 3.53. The molecule has 0 radical (unpaired) electrons. The van der Waals surface area contributed by atoms with Gasteiger partial charge in [-0.05, 0) is 48.2 Å². The molecule has 6 heteroatoms. The molecule has 0 saturated heterocycles. The van der Waals surface area contributed by atoms with Crippen LogP contribution in [0.1, 0.15) is 31.8 Å². The maximum Gasteiger partial charge on any atom is 0.254 e. The van der Waals surface area contributed by atoms with Gasteiger partial charge < -0.3 is 19.8 Å². The Morgan fingerprint density at radius 2 is 1.00 bits per heavy atom. The van der Waals surface area contributed by atoms with E-state index in [0.29, 0.717) is 24.2 Å². The third-order valence-electron chi connectivity index (χ3n) is 6.86. The highest BCUT2D eigenvalue weighted by Gasteiger charge is 2.22. The lowest BCUT2D eigenvalue weighted by Gasteiger charge is -2.21. The summed E-state index contributed by atoms with van der Waals surface area (Å²) in [6, 6.07) is 23.4. The SMILES string of the molecule is CN(CCc1c[nH]c2ccccc12)C(=O)c1ccccc1C(=O)N(C)CCc1c[nH]c2ccccc12. The molecule has 3 aromatic carbocycles. The van der Waals surface area contributed by atoms with E-state index in [-0.39, 0.29) is 11.8 Å². The quantitative estimate of drug-likeness (QED) is 0.319. The number of H-pyrrole nitrogens is 2. The second kappa shape index (κ2) is 10.1. The summed E-state index contributed by atoms with van der Waals surface area (Å²) in [7, 11) is 3.58. The van der Waals surface area contributed by atoms with Crippen molar-refractivity contribution >= 4 is 33.6 Å². The van der Waals surface area contributed by atoms with Gasteiger partial charge in [-0.15, -0.1) is 0 Å². The maximum absolute atomic E-state index is 13.3.